The van der Waals surface area contributed by atoms with E-state index >= 15 is 0 Å². The molecule has 16 heavy (non-hydrogen) atoms. The van der Waals surface area contributed by atoms with Crippen molar-refractivity contribution < 1.29 is 18.6 Å². The van der Waals surface area contributed by atoms with Crippen LogP contribution in [0.5, 0.6) is 5.75 Å². The van der Waals surface area contributed by atoms with Crippen LogP contribution in [-0.2, 0) is 0 Å². The van der Waals surface area contributed by atoms with Crippen molar-refractivity contribution in [3.8, 4) is 5.75 Å². The van der Waals surface area contributed by atoms with Crippen LogP contribution in [0.2, 0.25) is 0 Å². The van der Waals surface area contributed by atoms with Gasteiger partial charge in [0.2, 0.25) is 5.82 Å². The van der Waals surface area contributed by atoms with E-state index in [1.165, 1.54) is 12.1 Å². The molecule has 1 atom stereocenters. The Balaban J connectivity index is 2.35. The third-order valence-electron chi connectivity index (χ3n) is 2.33. The number of aliphatic hydroxyl groups excluding tert-OH is 1. The van der Waals surface area contributed by atoms with Crippen LogP contribution in [-0.4, -0.2) is 17.8 Å². The summed E-state index contributed by atoms with van der Waals surface area (Å²) >= 11 is 0. The van der Waals surface area contributed by atoms with E-state index in [2.05, 4.69) is 0 Å². The zero-order chi connectivity index (χ0) is 12.0. The van der Waals surface area contributed by atoms with Gasteiger partial charge in [0.15, 0.2) is 11.6 Å². The highest BCUT2D eigenvalue weighted by Gasteiger charge is 2.08. The van der Waals surface area contributed by atoms with Gasteiger partial charge in [-0.15, -0.1) is 0 Å². The number of benzene rings is 1. The fourth-order valence-corrected chi connectivity index (χ4v) is 1.30. The molecule has 0 saturated heterocycles. The Morgan fingerprint density at radius 2 is 2.12 bits per heavy atom. The molecule has 0 radical (unpaired) electrons. The summed E-state index contributed by atoms with van der Waals surface area (Å²) in [6, 6.07) is 3.83. The Kier molecular flexibility index (Phi) is 5.19. The van der Waals surface area contributed by atoms with Crippen LogP contribution in [0.15, 0.2) is 18.2 Å². The summed E-state index contributed by atoms with van der Waals surface area (Å²) in [5.74, 6) is -1.95. The molecule has 0 spiro atoms. The van der Waals surface area contributed by atoms with E-state index < -0.39 is 11.6 Å². The topological polar surface area (TPSA) is 29.5 Å². The number of hydrogen-bond acceptors (Lipinski definition) is 2. The molecule has 0 saturated carbocycles. The first-order chi connectivity index (χ1) is 7.65. The predicted molar refractivity (Wildman–Crippen MR) is 57.4 cm³/mol. The first-order valence-corrected chi connectivity index (χ1v) is 5.40. The second-order valence-corrected chi connectivity index (χ2v) is 3.60. The lowest BCUT2D eigenvalue weighted by atomic mass is 10.1. The van der Waals surface area contributed by atoms with Crippen LogP contribution in [0.4, 0.5) is 8.78 Å². The standard InChI is InChI=1S/C12H16F2O2/c1-2-9(15)5-4-8-16-11-7-3-6-10(13)12(11)14/h3,6-7,9,15H,2,4-5,8H2,1H3. The third kappa shape index (κ3) is 3.77. The number of hydrogen-bond donors (Lipinski definition) is 1. The minimum absolute atomic E-state index is 0.0778. The number of ether oxygens (including phenoxy) is 1. The molecule has 2 nitrogen and oxygen atoms in total. The molecule has 1 unspecified atom stereocenters. The minimum atomic E-state index is -0.960. The zero-order valence-electron chi connectivity index (χ0n) is 9.25. The van der Waals surface area contributed by atoms with Gasteiger partial charge in [-0.25, -0.2) is 4.39 Å². The quantitative estimate of drug-likeness (QED) is 0.761. The average molecular weight is 230 g/mol. The Labute approximate surface area is 93.9 Å². The molecule has 1 aromatic carbocycles. The van der Waals surface area contributed by atoms with Crippen LogP contribution in [0.3, 0.4) is 0 Å². The van der Waals surface area contributed by atoms with E-state index in [0.717, 1.165) is 6.07 Å². The molecule has 1 rings (SSSR count). The van der Waals surface area contributed by atoms with Crippen LogP contribution in [0.1, 0.15) is 26.2 Å². The second kappa shape index (κ2) is 6.43. The summed E-state index contributed by atoms with van der Waals surface area (Å²) in [6.07, 6.45) is 1.56. The van der Waals surface area contributed by atoms with Crippen molar-refractivity contribution in [1.82, 2.24) is 0 Å². The van der Waals surface area contributed by atoms with Crippen molar-refractivity contribution in [1.29, 1.82) is 0 Å². The van der Waals surface area contributed by atoms with Gasteiger partial charge >= 0.3 is 0 Å². The first kappa shape index (κ1) is 12.9. The molecule has 0 aliphatic heterocycles. The maximum atomic E-state index is 13.1. The summed E-state index contributed by atoms with van der Waals surface area (Å²) in [5, 5.41) is 9.26. The summed E-state index contributed by atoms with van der Waals surface area (Å²) < 4.78 is 31.0. The molecule has 0 fully saturated rings. The molecule has 1 aromatic rings. The van der Waals surface area contributed by atoms with E-state index in [9.17, 15) is 13.9 Å². The summed E-state index contributed by atoms with van der Waals surface area (Å²) in [5.41, 5.74) is 0. The maximum absolute atomic E-state index is 13.1. The van der Waals surface area contributed by atoms with Crippen molar-refractivity contribution in [2.24, 2.45) is 0 Å². The van der Waals surface area contributed by atoms with Crippen molar-refractivity contribution in [3.05, 3.63) is 29.8 Å². The molecule has 0 amide bonds. The van der Waals surface area contributed by atoms with Crippen molar-refractivity contribution >= 4 is 0 Å². The Hall–Kier alpha value is -1.16. The van der Waals surface area contributed by atoms with Gasteiger partial charge < -0.3 is 9.84 Å². The number of aliphatic hydroxyl groups is 1. The lowest BCUT2D eigenvalue weighted by molar-refractivity contribution is 0.148. The van der Waals surface area contributed by atoms with Crippen LogP contribution in [0, 0.1) is 11.6 Å². The smallest absolute Gasteiger partial charge is 0.200 e. The average Bonchev–Trinajstić information content (AvgIpc) is 2.29. The molecule has 0 aromatic heterocycles. The second-order valence-electron chi connectivity index (χ2n) is 3.60. The highest BCUT2D eigenvalue weighted by molar-refractivity contribution is 5.24. The van der Waals surface area contributed by atoms with Crippen molar-refractivity contribution in [2.75, 3.05) is 6.61 Å². The fraction of sp³-hybridized carbons (Fsp3) is 0.500. The zero-order valence-corrected chi connectivity index (χ0v) is 9.25. The normalized spacial score (nSPS) is 12.5. The van der Waals surface area contributed by atoms with Gasteiger partial charge in [0.05, 0.1) is 12.7 Å². The Bertz CT molecular complexity index is 329. The summed E-state index contributed by atoms with van der Waals surface area (Å²) in [4.78, 5) is 0. The molecule has 4 heteroatoms. The monoisotopic (exact) mass is 230 g/mol. The first-order valence-electron chi connectivity index (χ1n) is 5.40. The molecule has 0 heterocycles. The van der Waals surface area contributed by atoms with Crippen LogP contribution in [0.25, 0.3) is 0 Å². The highest BCUT2D eigenvalue weighted by Crippen LogP contribution is 2.19. The Morgan fingerprint density at radius 3 is 2.81 bits per heavy atom. The Morgan fingerprint density at radius 1 is 1.38 bits per heavy atom. The van der Waals surface area contributed by atoms with Gasteiger partial charge in [0, 0.05) is 0 Å². The van der Waals surface area contributed by atoms with E-state index in [1.807, 2.05) is 6.92 Å². The SMILES string of the molecule is CCC(O)CCCOc1cccc(F)c1F. The van der Waals surface area contributed by atoms with E-state index in [0.29, 0.717) is 19.3 Å². The summed E-state index contributed by atoms with van der Waals surface area (Å²) in [7, 11) is 0. The van der Waals surface area contributed by atoms with Gasteiger partial charge in [0.1, 0.15) is 0 Å². The highest BCUT2D eigenvalue weighted by atomic mass is 19.2. The molecule has 1 N–H and O–H groups in total. The largest absolute Gasteiger partial charge is 0.490 e. The predicted octanol–water partition coefficient (Wildman–Crippen LogP) is 2.89. The maximum Gasteiger partial charge on any atom is 0.200 e. The van der Waals surface area contributed by atoms with Crippen LogP contribution >= 0.6 is 0 Å². The third-order valence-corrected chi connectivity index (χ3v) is 2.33. The van der Waals surface area contributed by atoms with Gasteiger partial charge in [-0.1, -0.05) is 13.0 Å². The minimum Gasteiger partial charge on any atom is -0.490 e. The van der Waals surface area contributed by atoms with E-state index in [-0.39, 0.29) is 18.5 Å². The lowest BCUT2D eigenvalue weighted by Gasteiger charge is -2.09. The molecule has 0 aliphatic carbocycles. The van der Waals surface area contributed by atoms with Crippen LogP contribution < -0.4 is 4.74 Å². The molecule has 0 bridgehead atoms. The number of halogens is 2. The fourth-order valence-electron chi connectivity index (χ4n) is 1.30. The van der Waals surface area contributed by atoms with E-state index in [1.54, 1.807) is 0 Å². The number of rotatable bonds is 6. The van der Waals surface area contributed by atoms with Gasteiger partial charge in [-0.3, -0.25) is 0 Å². The lowest BCUT2D eigenvalue weighted by Crippen LogP contribution is -2.08. The molecule has 90 valence electrons. The molecular weight excluding hydrogens is 214 g/mol. The molecular formula is C12H16F2O2. The van der Waals surface area contributed by atoms with Gasteiger partial charge in [-0.2, -0.15) is 4.39 Å². The van der Waals surface area contributed by atoms with Gasteiger partial charge in [0.25, 0.3) is 0 Å². The van der Waals surface area contributed by atoms with Gasteiger partial charge in [-0.05, 0) is 31.4 Å². The van der Waals surface area contributed by atoms with E-state index in [4.69, 9.17) is 4.74 Å². The van der Waals surface area contributed by atoms with Crippen molar-refractivity contribution in [3.63, 3.8) is 0 Å². The molecule has 0 aliphatic rings. The summed E-state index contributed by atoms with van der Waals surface area (Å²) in [6.45, 7) is 2.16. The van der Waals surface area contributed by atoms with Crippen molar-refractivity contribution in [2.45, 2.75) is 32.3 Å².